The molecule has 7 heteroatoms. The van der Waals surface area contributed by atoms with E-state index in [2.05, 4.69) is 11.1 Å². The van der Waals surface area contributed by atoms with Crippen LogP contribution < -0.4 is 0 Å². The number of hydrogen-bond acceptors (Lipinski definition) is 6. The first-order valence-corrected chi connectivity index (χ1v) is 10.5. The second-order valence-corrected chi connectivity index (χ2v) is 7.72. The molecule has 162 valence electrons. The third-order valence-electron chi connectivity index (χ3n) is 5.54. The van der Waals surface area contributed by atoms with Gasteiger partial charge in [-0.25, -0.2) is 9.37 Å². The molecule has 4 rings (SSSR count). The molecular formula is C25H22FN3O3. The fourth-order valence-corrected chi connectivity index (χ4v) is 3.82. The van der Waals surface area contributed by atoms with Crippen molar-refractivity contribution in [3.8, 4) is 23.6 Å². The molecule has 0 saturated heterocycles. The minimum atomic E-state index is -0.352. The lowest BCUT2D eigenvalue weighted by Crippen LogP contribution is -2.28. The molecule has 0 amide bonds. The number of ether oxygens (including phenoxy) is 2. The van der Waals surface area contributed by atoms with Crippen molar-refractivity contribution in [3.05, 3.63) is 76.9 Å². The van der Waals surface area contributed by atoms with E-state index in [0.29, 0.717) is 23.4 Å². The summed E-state index contributed by atoms with van der Waals surface area (Å²) in [6, 6.07) is 17.4. The molecule has 0 radical (unpaired) electrons. The summed E-state index contributed by atoms with van der Waals surface area (Å²) in [5.74, 6) is 0.0109. The van der Waals surface area contributed by atoms with Gasteiger partial charge in [0.1, 0.15) is 17.6 Å². The molecule has 6 nitrogen and oxygen atoms in total. The van der Waals surface area contributed by atoms with Crippen LogP contribution >= 0.6 is 0 Å². The summed E-state index contributed by atoms with van der Waals surface area (Å²) >= 11 is 0. The van der Waals surface area contributed by atoms with E-state index < -0.39 is 0 Å². The summed E-state index contributed by atoms with van der Waals surface area (Å²) in [4.78, 5) is 4.38. The number of nitrogens with zero attached hydrogens (tertiary/aromatic N) is 3. The normalized spacial score (nSPS) is 18.1. The zero-order valence-electron chi connectivity index (χ0n) is 17.5. The highest BCUT2D eigenvalue weighted by atomic mass is 19.1. The maximum Gasteiger partial charge on any atom is 0.230 e. The van der Waals surface area contributed by atoms with E-state index >= 15 is 0 Å². The SMILES string of the molecule is N#Cc1ccccc1CO[C@@H]1CCC[C@H](OCc2nc(-c3ccc(F)cc3)oc2C#N)C1. The van der Waals surface area contributed by atoms with E-state index in [4.69, 9.17) is 13.9 Å². The number of halogens is 1. The van der Waals surface area contributed by atoms with E-state index in [-0.39, 0.29) is 36.3 Å². The van der Waals surface area contributed by atoms with Gasteiger partial charge in [-0.2, -0.15) is 10.5 Å². The summed E-state index contributed by atoms with van der Waals surface area (Å²) in [5.41, 5.74) is 2.53. The van der Waals surface area contributed by atoms with Crippen molar-refractivity contribution >= 4 is 0 Å². The molecule has 0 aliphatic heterocycles. The second kappa shape index (κ2) is 10.2. The lowest BCUT2D eigenvalue weighted by Gasteiger charge is -2.29. The molecule has 0 spiro atoms. The second-order valence-electron chi connectivity index (χ2n) is 7.72. The van der Waals surface area contributed by atoms with Crippen molar-refractivity contribution in [1.82, 2.24) is 4.98 Å². The smallest absolute Gasteiger partial charge is 0.230 e. The Balaban J connectivity index is 1.34. The zero-order chi connectivity index (χ0) is 22.3. The van der Waals surface area contributed by atoms with Crippen molar-refractivity contribution in [2.45, 2.75) is 51.1 Å². The van der Waals surface area contributed by atoms with Crippen LogP contribution in [0.3, 0.4) is 0 Å². The molecule has 1 aliphatic carbocycles. The van der Waals surface area contributed by atoms with Gasteiger partial charge < -0.3 is 13.9 Å². The molecule has 1 aliphatic rings. The number of rotatable bonds is 7. The first-order chi connectivity index (χ1) is 15.7. The molecule has 0 N–H and O–H groups in total. The molecule has 32 heavy (non-hydrogen) atoms. The van der Waals surface area contributed by atoms with Crippen LogP contribution in [-0.4, -0.2) is 17.2 Å². The topological polar surface area (TPSA) is 92.1 Å². The summed E-state index contributed by atoms with van der Waals surface area (Å²) in [7, 11) is 0. The van der Waals surface area contributed by atoms with E-state index in [1.54, 1.807) is 18.2 Å². The molecule has 1 saturated carbocycles. The average Bonchev–Trinajstić information content (AvgIpc) is 3.25. The highest BCUT2D eigenvalue weighted by Crippen LogP contribution is 2.27. The standard InChI is InChI=1S/C25H22FN3O3/c26-20-10-8-17(9-11-20)25-29-23(24(14-28)32-25)16-31-22-7-3-6-21(12-22)30-15-19-5-2-1-4-18(19)13-27/h1-2,4-5,8-11,21-22H,3,6-7,12,15-16H2/t21-,22+/m1/s1. The van der Waals surface area contributed by atoms with Gasteiger partial charge in [0.2, 0.25) is 11.7 Å². The molecule has 2 aromatic carbocycles. The van der Waals surface area contributed by atoms with Crippen LogP contribution in [0.25, 0.3) is 11.5 Å². The van der Waals surface area contributed by atoms with E-state index in [0.717, 1.165) is 31.2 Å². The third-order valence-corrected chi connectivity index (χ3v) is 5.54. The largest absolute Gasteiger partial charge is 0.425 e. The van der Waals surface area contributed by atoms with E-state index in [1.165, 1.54) is 12.1 Å². The Morgan fingerprint density at radius 3 is 2.41 bits per heavy atom. The van der Waals surface area contributed by atoms with Crippen molar-refractivity contribution in [2.75, 3.05) is 0 Å². The molecule has 1 heterocycles. The molecule has 1 aromatic heterocycles. The minimum absolute atomic E-state index is 0.0162. The third kappa shape index (κ3) is 5.20. The molecule has 3 aromatic rings. The van der Waals surface area contributed by atoms with Gasteiger partial charge in [-0.15, -0.1) is 0 Å². The van der Waals surface area contributed by atoms with Crippen molar-refractivity contribution in [3.63, 3.8) is 0 Å². The minimum Gasteiger partial charge on any atom is -0.425 e. The van der Waals surface area contributed by atoms with Gasteiger partial charge in [-0.3, -0.25) is 0 Å². The number of benzene rings is 2. The average molecular weight is 431 g/mol. The van der Waals surface area contributed by atoms with Crippen molar-refractivity contribution in [1.29, 1.82) is 10.5 Å². The molecule has 1 fully saturated rings. The Bertz CT molecular complexity index is 1140. The fourth-order valence-electron chi connectivity index (χ4n) is 3.82. The van der Waals surface area contributed by atoms with Crippen LogP contribution in [0, 0.1) is 28.5 Å². The van der Waals surface area contributed by atoms with Gasteiger partial charge in [-0.05, 0) is 61.6 Å². The van der Waals surface area contributed by atoms with Gasteiger partial charge in [0.25, 0.3) is 0 Å². The first kappa shape index (κ1) is 21.7. The molecular weight excluding hydrogens is 409 g/mol. The number of oxazole rings is 1. The van der Waals surface area contributed by atoms with Crippen LogP contribution in [-0.2, 0) is 22.7 Å². The summed E-state index contributed by atoms with van der Waals surface area (Å²) in [5, 5.41) is 18.6. The van der Waals surface area contributed by atoms with Gasteiger partial charge >= 0.3 is 0 Å². The Labute approximate surface area is 185 Å². The Morgan fingerprint density at radius 1 is 0.969 bits per heavy atom. The Morgan fingerprint density at radius 2 is 1.69 bits per heavy atom. The molecule has 2 atom stereocenters. The highest BCUT2D eigenvalue weighted by molar-refractivity contribution is 5.54. The maximum absolute atomic E-state index is 13.2. The van der Waals surface area contributed by atoms with Crippen LogP contribution in [0.5, 0.6) is 0 Å². The van der Waals surface area contributed by atoms with Crippen LogP contribution in [0.4, 0.5) is 4.39 Å². The first-order valence-electron chi connectivity index (χ1n) is 10.5. The fraction of sp³-hybridized carbons (Fsp3) is 0.320. The number of nitriles is 2. The number of hydrogen-bond donors (Lipinski definition) is 0. The van der Waals surface area contributed by atoms with E-state index in [9.17, 15) is 14.9 Å². The maximum atomic E-state index is 13.2. The lowest BCUT2D eigenvalue weighted by atomic mass is 9.94. The van der Waals surface area contributed by atoms with Crippen molar-refractivity contribution < 1.29 is 18.3 Å². The van der Waals surface area contributed by atoms with Gasteiger partial charge in [0.05, 0.1) is 37.1 Å². The lowest BCUT2D eigenvalue weighted by molar-refractivity contribution is -0.0562. The predicted octanol–water partition coefficient (Wildman–Crippen LogP) is 5.27. The van der Waals surface area contributed by atoms with Gasteiger partial charge in [0, 0.05) is 5.56 Å². The highest BCUT2D eigenvalue weighted by Gasteiger charge is 2.25. The molecule has 0 bridgehead atoms. The van der Waals surface area contributed by atoms with Crippen LogP contribution in [0.1, 0.15) is 48.3 Å². The summed E-state index contributed by atoms with van der Waals surface area (Å²) in [6.45, 7) is 0.548. The summed E-state index contributed by atoms with van der Waals surface area (Å²) in [6.07, 6.45) is 3.58. The Hall–Kier alpha value is -3.52. The van der Waals surface area contributed by atoms with Crippen molar-refractivity contribution in [2.24, 2.45) is 0 Å². The summed E-state index contributed by atoms with van der Waals surface area (Å²) < 4.78 is 30.8. The number of aromatic nitrogens is 1. The monoisotopic (exact) mass is 431 g/mol. The van der Waals surface area contributed by atoms with Gasteiger partial charge in [0.15, 0.2) is 0 Å². The van der Waals surface area contributed by atoms with Crippen LogP contribution in [0.15, 0.2) is 52.9 Å². The molecule has 0 unspecified atom stereocenters. The quantitative estimate of drug-likeness (QED) is 0.506. The van der Waals surface area contributed by atoms with Crippen LogP contribution in [0.2, 0.25) is 0 Å². The Kier molecular flexibility index (Phi) is 6.91. The zero-order valence-corrected chi connectivity index (χ0v) is 17.5. The van der Waals surface area contributed by atoms with E-state index in [1.807, 2.05) is 24.3 Å². The van der Waals surface area contributed by atoms with Gasteiger partial charge in [-0.1, -0.05) is 18.2 Å². The predicted molar refractivity (Wildman–Crippen MR) is 113 cm³/mol.